The molecule has 0 amide bonds. The molecular formula is C9H15N3O4. The largest absolute Gasteiger partial charge is 0.457 e. The maximum Gasteiger partial charge on any atom is 0.303 e. The average Bonchev–Trinajstić information content (AvgIpc) is 2.19. The van der Waals surface area contributed by atoms with E-state index in [2.05, 4.69) is 10.0 Å². The molecule has 0 aliphatic carbocycles. The molecule has 1 N–H and O–H groups in total. The highest BCUT2D eigenvalue weighted by molar-refractivity contribution is 5.66. The Balaban J connectivity index is 2.84. The summed E-state index contributed by atoms with van der Waals surface area (Å²) in [6, 6.07) is -0.745. The van der Waals surface area contributed by atoms with Gasteiger partial charge < -0.3 is 14.6 Å². The second kappa shape index (κ2) is 5.16. The Morgan fingerprint density at radius 1 is 1.50 bits per heavy atom. The number of carbonyl (C=O) groups excluding carboxylic acids is 1. The number of esters is 1. The van der Waals surface area contributed by atoms with Crippen LogP contribution >= 0.6 is 0 Å². The summed E-state index contributed by atoms with van der Waals surface area (Å²) in [6.07, 6.45) is -2.69. The second-order valence-electron chi connectivity index (χ2n) is 3.81. The van der Waals surface area contributed by atoms with Gasteiger partial charge in [0.15, 0.2) is 6.10 Å². The predicted octanol–water partition coefficient (Wildman–Crippen LogP) is 0.765. The lowest BCUT2D eigenvalue weighted by molar-refractivity contribution is -0.194. The van der Waals surface area contributed by atoms with Gasteiger partial charge in [-0.1, -0.05) is 5.11 Å². The van der Waals surface area contributed by atoms with E-state index in [1.54, 1.807) is 13.8 Å². The summed E-state index contributed by atoms with van der Waals surface area (Å²) in [5.41, 5.74) is 8.37. The Hall–Kier alpha value is -1.30. The molecule has 1 aliphatic rings. The van der Waals surface area contributed by atoms with Gasteiger partial charge in [-0.3, -0.25) is 4.79 Å². The number of hydrogen-bond donors (Lipinski definition) is 1. The Morgan fingerprint density at radius 3 is 2.62 bits per heavy atom. The molecule has 7 heteroatoms. The van der Waals surface area contributed by atoms with E-state index in [1.165, 1.54) is 6.92 Å². The molecule has 5 atom stereocenters. The predicted molar refractivity (Wildman–Crippen MR) is 54.5 cm³/mol. The lowest BCUT2D eigenvalue weighted by Gasteiger charge is -2.40. The molecule has 1 aliphatic heterocycles. The van der Waals surface area contributed by atoms with E-state index in [-0.39, 0.29) is 0 Å². The van der Waals surface area contributed by atoms with Crippen LogP contribution in [0.25, 0.3) is 10.4 Å². The molecule has 0 radical (unpaired) electrons. The standard InChI is InChI=1S/C9H15N3O4/c1-4-7(11-12-10)8(14)9(5(2)15-4)16-6(3)13/h4-5,7-9,14H,1-3H3/t4-,5?,7+,8?,9+/m0/s1. The summed E-state index contributed by atoms with van der Waals surface area (Å²) in [5.74, 6) is -0.506. The highest BCUT2D eigenvalue weighted by Gasteiger charge is 2.43. The molecule has 1 fully saturated rings. The van der Waals surface area contributed by atoms with Crippen LogP contribution in [0.15, 0.2) is 5.11 Å². The minimum Gasteiger partial charge on any atom is -0.457 e. The van der Waals surface area contributed by atoms with E-state index in [0.29, 0.717) is 0 Å². The van der Waals surface area contributed by atoms with Crippen LogP contribution in [-0.4, -0.2) is 41.5 Å². The van der Waals surface area contributed by atoms with Crippen molar-refractivity contribution in [2.24, 2.45) is 5.11 Å². The van der Waals surface area contributed by atoms with Crippen molar-refractivity contribution in [3.05, 3.63) is 10.4 Å². The Labute approximate surface area is 93.0 Å². The minimum absolute atomic E-state index is 0.410. The smallest absolute Gasteiger partial charge is 0.303 e. The summed E-state index contributed by atoms with van der Waals surface area (Å²) in [6.45, 7) is 4.64. The first-order valence-corrected chi connectivity index (χ1v) is 5.02. The van der Waals surface area contributed by atoms with Crippen LogP contribution in [0.2, 0.25) is 0 Å². The molecule has 1 rings (SSSR count). The van der Waals surface area contributed by atoms with E-state index < -0.39 is 36.4 Å². The van der Waals surface area contributed by atoms with Crippen molar-refractivity contribution in [2.75, 3.05) is 0 Å². The zero-order valence-corrected chi connectivity index (χ0v) is 9.40. The first-order valence-electron chi connectivity index (χ1n) is 5.02. The molecule has 2 unspecified atom stereocenters. The fourth-order valence-electron chi connectivity index (χ4n) is 1.83. The number of azide groups is 1. The average molecular weight is 229 g/mol. The lowest BCUT2D eigenvalue weighted by Crippen LogP contribution is -2.56. The molecular weight excluding hydrogens is 214 g/mol. The first kappa shape index (κ1) is 12.8. The highest BCUT2D eigenvalue weighted by atomic mass is 16.6. The van der Waals surface area contributed by atoms with E-state index in [9.17, 15) is 9.90 Å². The molecule has 0 aromatic carbocycles. The van der Waals surface area contributed by atoms with Crippen molar-refractivity contribution in [3.8, 4) is 0 Å². The number of carbonyl (C=O) groups is 1. The van der Waals surface area contributed by atoms with Crippen molar-refractivity contribution >= 4 is 5.97 Å². The van der Waals surface area contributed by atoms with E-state index in [4.69, 9.17) is 15.0 Å². The summed E-state index contributed by atoms with van der Waals surface area (Å²) >= 11 is 0. The number of nitrogens with zero attached hydrogens (tertiary/aromatic N) is 3. The summed E-state index contributed by atoms with van der Waals surface area (Å²) < 4.78 is 10.4. The van der Waals surface area contributed by atoms with Crippen LogP contribution in [0.4, 0.5) is 0 Å². The third kappa shape index (κ3) is 2.63. The van der Waals surface area contributed by atoms with E-state index in [0.717, 1.165) is 0 Å². The fraction of sp³-hybridized carbons (Fsp3) is 0.889. The van der Waals surface area contributed by atoms with Gasteiger partial charge in [-0.2, -0.15) is 0 Å². The summed E-state index contributed by atoms with van der Waals surface area (Å²) in [5, 5.41) is 13.4. The van der Waals surface area contributed by atoms with Gasteiger partial charge >= 0.3 is 5.97 Å². The zero-order chi connectivity index (χ0) is 12.3. The molecule has 0 aromatic heterocycles. The Morgan fingerprint density at radius 2 is 2.12 bits per heavy atom. The second-order valence-corrected chi connectivity index (χ2v) is 3.81. The molecule has 90 valence electrons. The number of rotatable bonds is 2. The van der Waals surface area contributed by atoms with Gasteiger partial charge in [0.05, 0.1) is 18.2 Å². The van der Waals surface area contributed by atoms with Crippen molar-refractivity contribution < 1.29 is 19.4 Å². The van der Waals surface area contributed by atoms with Gasteiger partial charge in [-0.15, -0.1) is 0 Å². The first-order chi connectivity index (χ1) is 7.47. The van der Waals surface area contributed by atoms with Crippen LogP contribution < -0.4 is 0 Å². The third-order valence-corrected chi connectivity index (χ3v) is 2.55. The normalized spacial score (nSPS) is 38.6. The van der Waals surface area contributed by atoms with Crippen LogP contribution in [0, 0.1) is 0 Å². The molecule has 16 heavy (non-hydrogen) atoms. The van der Waals surface area contributed by atoms with Crippen molar-refractivity contribution in [2.45, 2.75) is 51.2 Å². The Kier molecular flexibility index (Phi) is 4.12. The highest BCUT2D eigenvalue weighted by Crippen LogP contribution is 2.25. The monoisotopic (exact) mass is 229 g/mol. The molecule has 0 spiro atoms. The Bertz CT molecular complexity index is 316. The third-order valence-electron chi connectivity index (χ3n) is 2.55. The van der Waals surface area contributed by atoms with E-state index >= 15 is 0 Å². The number of hydrogen-bond acceptors (Lipinski definition) is 5. The van der Waals surface area contributed by atoms with Crippen LogP contribution in [0.3, 0.4) is 0 Å². The van der Waals surface area contributed by atoms with Gasteiger partial charge in [0.2, 0.25) is 0 Å². The number of aliphatic hydroxyl groups is 1. The molecule has 1 heterocycles. The number of aliphatic hydroxyl groups excluding tert-OH is 1. The van der Waals surface area contributed by atoms with Gasteiger partial charge in [0, 0.05) is 11.8 Å². The topological polar surface area (TPSA) is 105 Å². The maximum atomic E-state index is 10.9. The van der Waals surface area contributed by atoms with Gasteiger partial charge in [-0.25, -0.2) is 0 Å². The maximum absolute atomic E-state index is 10.9. The summed E-state index contributed by atoms with van der Waals surface area (Å²) in [7, 11) is 0. The van der Waals surface area contributed by atoms with Crippen molar-refractivity contribution in [1.82, 2.24) is 0 Å². The van der Waals surface area contributed by atoms with Crippen molar-refractivity contribution in [3.63, 3.8) is 0 Å². The van der Waals surface area contributed by atoms with Gasteiger partial charge in [0.25, 0.3) is 0 Å². The van der Waals surface area contributed by atoms with Crippen LogP contribution in [0.5, 0.6) is 0 Å². The quantitative estimate of drug-likeness (QED) is 0.326. The van der Waals surface area contributed by atoms with Gasteiger partial charge in [0.1, 0.15) is 6.10 Å². The fourth-order valence-corrected chi connectivity index (χ4v) is 1.83. The SMILES string of the molecule is CC(=O)O[C@@H]1C(C)O[C@@H](C)[C@@H](N=[N+]=[N-])C1O. The minimum atomic E-state index is -1.04. The van der Waals surface area contributed by atoms with Crippen LogP contribution in [-0.2, 0) is 14.3 Å². The molecule has 0 bridgehead atoms. The number of ether oxygens (including phenoxy) is 2. The molecule has 7 nitrogen and oxygen atoms in total. The lowest BCUT2D eigenvalue weighted by atomic mass is 9.94. The van der Waals surface area contributed by atoms with Gasteiger partial charge in [-0.05, 0) is 19.4 Å². The van der Waals surface area contributed by atoms with Crippen LogP contribution in [0.1, 0.15) is 20.8 Å². The summed E-state index contributed by atoms with van der Waals surface area (Å²) in [4.78, 5) is 13.5. The zero-order valence-electron chi connectivity index (χ0n) is 9.40. The molecule has 0 saturated carbocycles. The molecule has 1 saturated heterocycles. The molecule has 0 aromatic rings. The van der Waals surface area contributed by atoms with Crippen molar-refractivity contribution in [1.29, 1.82) is 0 Å². The van der Waals surface area contributed by atoms with E-state index in [1.807, 2.05) is 0 Å².